The second-order valence-corrected chi connectivity index (χ2v) is 3.38. The first-order chi connectivity index (χ1) is 4.64. The van der Waals surface area contributed by atoms with Crippen molar-refractivity contribution in [3.8, 4) is 0 Å². The van der Waals surface area contributed by atoms with Gasteiger partial charge >= 0.3 is 0 Å². The third kappa shape index (κ3) is 1.68. The molecule has 0 unspecified atom stereocenters. The summed E-state index contributed by atoms with van der Waals surface area (Å²) in [5.74, 6) is 5.21. The van der Waals surface area contributed by atoms with Gasteiger partial charge in [-0.05, 0) is 0 Å². The van der Waals surface area contributed by atoms with E-state index in [-0.39, 0.29) is 5.41 Å². The number of rotatable bonds is 1. The van der Waals surface area contributed by atoms with Gasteiger partial charge in [-0.1, -0.05) is 13.8 Å². The Morgan fingerprint density at radius 1 is 1.70 bits per heavy atom. The molecule has 0 aromatic heterocycles. The second-order valence-electron chi connectivity index (χ2n) is 3.38. The zero-order chi connectivity index (χ0) is 7.61. The van der Waals surface area contributed by atoms with Crippen molar-refractivity contribution in [2.75, 3.05) is 13.1 Å². The first-order valence-corrected chi connectivity index (χ1v) is 3.37. The minimum absolute atomic E-state index is 0.237. The Morgan fingerprint density at radius 2 is 2.40 bits per heavy atom. The largest absolute Gasteiger partial charge is 0.285 e. The van der Waals surface area contributed by atoms with Gasteiger partial charge in [0.15, 0.2) is 0 Å². The number of aliphatic imine (C=N–C) groups is 1. The third-order valence-corrected chi connectivity index (χ3v) is 1.50. The summed E-state index contributed by atoms with van der Waals surface area (Å²) in [4.78, 5) is 4.14. The lowest BCUT2D eigenvalue weighted by Crippen LogP contribution is -2.49. The van der Waals surface area contributed by atoms with Crippen molar-refractivity contribution in [1.29, 1.82) is 0 Å². The van der Waals surface area contributed by atoms with Gasteiger partial charge in [0.25, 0.3) is 0 Å². The molecule has 10 heavy (non-hydrogen) atoms. The van der Waals surface area contributed by atoms with Crippen LogP contribution in [-0.2, 0) is 0 Å². The monoisotopic (exact) mass is 142 g/mol. The van der Waals surface area contributed by atoms with Gasteiger partial charge in [0, 0.05) is 18.5 Å². The highest BCUT2D eigenvalue weighted by Crippen LogP contribution is 2.18. The molecule has 4 heteroatoms. The number of nitrogens with two attached hydrogens (primary N) is 1. The Hall–Kier alpha value is -0.610. The zero-order valence-corrected chi connectivity index (χ0v) is 6.46. The molecule has 0 amide bonds. The molecule has 0 aliphatic carbocycles. The molecule has 0 aromatic carbocycles. The maximum Gasteiger partial charge on any atom is 0.100 e. The Kier molecular flexibility index (Phi) is 1.92. The van der Waals surface area contributed by atoms with Gasteiger partial charge in [-0.3, -0.25) is 15.8 Å². The van der Waals surface area contributed by atoms with E-state index in [1.54, 1.807) is 11.3 Å². The fourth-order valence-electron chi connectivity index (χ4n) is 1.02. The van der Waals surface area contributed by atoms with Crippen LogP contribution in [0.1, 0.15) is 13.8 Å². The molecule has 1 heterocycles. The SMILES string of the molecule is CC1(C)CN=CN(NN)C1. The summed E-state index contributed by atoms with van der Waals surface area (Å²) in [6, 6.07) is 0. The normalized spacial score (nSPS) is 23.3. The van der Waals surface area contributed by atoms with E-state index in [0.29, 0.717) is 0 Å². The van der Waals surface area contributed by atoms with Gasteiger partial charge in [0.1, 0.15) is 6.34 Å². The zero-order valence-electron chi connectivity index (χ0n) is 6.46. The van der Waals surface area contributed by atoms with Crippen LogP contribution in [0.4, 0.5) is 0 Å². The van der Waals surface area contributed by atoms with Crippen molar-refractivity contribution >= 4 is 6.34 Å². The van der Waals surface area contributed by atoms with Gasteiger partial charge in [-0.25, -0.2) is 0 Å². The van der Waals surface area contributed by atoms with Crippen LogP contribution < -0.4 is 11.4 Å². The van der Waals surface area contributed by atoms with Crippen LogP contribution in [0.15, 0.2) is 4.99 Å². The molecule has 0 saturated carbocycles. The summed E-state index contributed by atoms with van der Waals surface area (Å²) in [5, 5.41) is 1.78. The highest BCUT2D eigenvalue weighted by atomic mass is 15.6. The van der Waals surface area contributed by atoms with Crippen LogP contribution in [0.3, 0.4) is 0 Å². The van der Waals surface area contributed by atoms with Crippen molar-refractivity contribution in [2.45, 2.75) is 13.8 Å². The molecule has 0 aromatic rings. The van der Waals surface area contributed by atoms with Crippen LogP contribution in [0.5, 0.6) is 0 Å². The third-order valence-electron chi connectivity index (χ3n) is 1.50. The van der Waals surface area contributed by atoms with Gasteiger partial charge in [-0.2, -0.15) is 5.53 Å². The fourth-order valence-corrected chi connectivity index (χ4v) is 1.02. The summed E-state index contributed by atoms with van der Waals surface area (Å²) < 4.78 is 0. The number of hydrogen-bond acceptors (Lipinski definition) is 4. The molecule has 0 spiro atoms. The van der Waals surface area contributed by atoms with E-state index < -0.39 is 0 Å². The Morgan fingerprint density at radius 3 is 2.80 bits per heavy atom. The molecule has 0 atom stereocenters. The number of hydrogen-bond donors (Lipinski definition) is 2. The molecule has 0 fully saturated rings. The summed E-state index contributed by atoms with van der Waals surface area (Å²) in [7, 11) is 0. The minimum atomic E-state index is 0.237. The predicted molar refractivity (Wildman–Crippen MR) is 41.2 cm³/mol. The van der Waals surface area contributed by atoms with E-state index >= 15 is 0 Å². The average molecular weight is 142 g/mol. The molecule has 0 bridgehead atoms. The van der Waals surface area contributed by atoms with Crippen molar-refractivity contribution in [2.24, 2.45) is 16.3 Å². The topological polar surface area (TPSA) is 53.6 Å². The first-order valence-electron chi connectivity index (χ1n) is 3.37. The molecule has 0 radical (unpaired) electrons. The lowest BCUT2D eigenvalue weighted by Gasteiger charge is -2.32. The number of nitrogens with zero attached hydrogens (tertiary/aromatic N) is 2. The van der Waals surface area contributed by atoms with E-state index in [9.17, 15) is 0 Å². The van der Waals surface area contributed by atoms with Gasteiger partial charge in [0.2, 0.25) is 0 Å². The van der Waals surface area contributed by atoms with Crippen LogP contribution in [0.2, 0.25) is 0 Å². The Labute approximate surface area is 61.0 Å². The van der Waals surface area contributed by atoms with Crippen molar-refractivity contribution < 1.29 is 0 Å². The maximum absolute atomic E-state index is 5.21. The van der Waals surface area contributed by atoms with E-state index in [2.05, 4.69) is 24.4 Å². The van der Waals surface area contributed by atoms with Crippen LogP contribution in [0.25, 0.3) is 0 Å². The fraction of sp³-hybridized carbons (Fsp3) is 0.833. The first kappa shape index (κ1) is 7.50. The quantitative estimate of drug-likeness (QED) is 0.391. The lowest BCUT2D eigenvalue weighted by atomic mass is 9.93. The summed E-state index contributed by atoms with van der Waals surface area (Å²) in [5.41, 5.74) is 2.78. The highest BCUT2D eigenvalue weighted by molar-refractivity contribution is 5.55. The standard InChI is InChI=1S/C6H14N4/c1-6(2)3-8-5-10(4-6)9-7/h5,9H,3-4,7H2,1-2H3. The Balaban J connectivity index is 2.54. The van der Waals surface area contributed by atoms with E-state index in [1.807, 2.05) is 0 Å². The predicted octanol–water partition coefficient (Wildman–Crippen LogP) is -0.265. The van der Waals surface area contributed by atoms with Gasteiger partial charge < -0.3 is 0 Å². The van der Waals surface area contributed by atoms with Gasteiger partial charge in [0.05, 0.1) is 0 Å². The van der Waals surface area contributed by atoms with Crippen molar-refractivity contribution in [3.05, 3.63) is 0 Å². The van der Waals surface area contributed by atoms with Crippen molar-refractivity contribution in [3.63, 3.8) is 0 Å². The molecule has 58 valence electrons. The second kappa shape index (κ2) is 2.56. The average Bonchev–Trinajstić information content (AvgIpc) is 1.86. The van der Waals surface area contributed by atoms with Gasteiger partial charge in [-0.15, -0.1) is 0 Å². The molecule has 4 nitrogen and oxygen atoms in total. The molecular formula is C6H14N4. The van der Waals surface area contributed by atoms with Crippen molar-refractivity contribution in [1.82, 2.24) is 10.5 Å². The summed E-state index contributed by atoms with van der Waals surface area (Å²) in [6.07, 6.45) is 1.73. The van der Waals surface area contributed by atoms with Crippen LogP contribution >= 0.6 is 0 Å². The molecule has 0 saturated heterocycles. The molecular weight excluding hydrogens is 128 g/mol. The Bertz CT molecular complexity index is 141. The smallest absolute Gasteiger partial charge is 0.100 e. The number of hydrazine groups is 2. The maximum atomic E-state index is 5.21. The van der Waals surface area contributed by atoms with E-state index in [0.717, 1.165) is 13.1 Å². The van der Waals surface area contributed by atoms with Crippen LogP contribution in [0, 0.1) is 5.41 Å². The van der Waals surface area contributed by atoms with E-state index in [4.69, 9.17) is 5.84 Å². The minimum Gasteiger partial charge on any atom is -0.285 e. The molecule has 1 aliphatic rings. The molecule has 1 aliphatic heterocycles. The molecule has 3 N–H and O–H groups in total. The highest BCUT2D eigenvalue weighted by Gasteiger charge is 2.22. The number of nitrogens with one attached hydrogen (secondary N) is 1. The summed E-state index contributed by atoms with van der Waals surface area (Å²) in [6.45, 7) is 6.11. The lowest BCUT2D eigenvalue weighted by molar-refractivity contribution is 0.198. The van der Waals surface area contributed by atoms with Crippen LogP contribution in [-0.4, -0.2) is 24.4 Å². The van der Waals surface area contributed by atoms with E-state index in [1.165, 1.54) is 0 Å². The molecule has 1 rings (SSSR count). The summed E-state index contributed by atoms with van der Waals surface area (Å²) >= 11 is 0.